The van der Waals surface area contributed by atoms with Gasteiger partial charge in [-0.25, -0.2) is 0 Å². The Morgan fingerprint density at radius 2 is 1.75 bits per heavy atom. The number of hydrogen-bond acceptors (Lipinski definition) is 6. The summed E-state index contributed by atoms with van der Waals surface area (Å²) in [6.07, 6.45) is 2.42. The fourth-order valence-corrected chi connectivity index (χ4v) is 4.06. The molecule has 3 amide bonds. The Bertz CT molecular complexity index is 1020. The number of nitrogens with one attached hydrogen (secondary N) is 1. The molecule has 0 bridgehead atoms. The van der Waals surface area contributed by atoms with E-state index in [4.69, 9.17) is 21.1 Å². The minimum absolute atomic E-state index is 0.112. The molecule has 168 valence electrons. The van der Waals surface area contributed by atoms with Crippen molar-refractivity contribution in [2.45, 2.75) is 12.8 Å². The molecule has 1 aliphatic rings. The van der Waals surface area contributed by atoms with Crippen LogP contribution in [0.1, 0.15) is 17.5 Å². The molecule has 9 heteroatoms. The van der Waals surface area contributed by atoms with Gasteiger partial charge in [-0.15, -0.1) is 0 Å². The van der Waals surface area contributed by atoms with E-state index in [0.29, 0.717) is 27.8 Å². The maximum absolute atomic E-state index is 12.5. The molecule has 0 saturated carbocycles. The van der Waals surface area contributed by atoms with Gasteiger partial charge in [0.05, 0.1) is 19.1 Å². The third-order valence-corrected chi connectivity index (χ3v) is 5.91. The van der Waals surface area contributed by atoms with E-state index in [1.165, 1.54) is 0 Å². The minimum Gasteiger partial charge on any atom is -0.497 e. The summed E-state index contributed by atoms with van der Waals surface area (Å²) in [5.41, 5.74) is 1.69. The maximum Gasteiger partial charge on any atom is 0.293 e. The van der Waals surface area contributed by atoms with Crippen LogP contribution in [0.5, 0.6) is 11.5 Å². The topological polar surface area (TPSA) is 84.9 Å². The van der Waals surface area contributed by atoms with Crippen molar-refractivity contribution in [3.63, 3.8) is 0 Å². The van der Waals surface area contributed by atoms with Crippen molar-refractivity contribution in [2.24, 2.45) is 0 Å². The van der Waals surface area contributed by atoms with E-state index in [9.17, 15) is 14.4 Å². The number of halogens is 1. The van der Waals surface area contributed by atoms with Gasteiger partial charge >= 0.3 is 0 Å². The van der Waals surface area contributed by atoms with Crippen molar-refractivity contribution in [3.8, 4) is 11.5 Å². The van der Waals surface area contributed by atoms with Gasteiger partial charge in [0.2, 0.25) is 5.91 Å². The maximum atomic E-state index is 12.5. The summed E-state index contributed by atoms with van der Waals surface area (Å²) in [5.74, 6) is 0.777. The molecule has 0 unspecified atom stereocenters. The van der Waals surface area contributed by atoms with Crippen LogP contribution < -0.4 is 14.8 Å². The zero-order valence-electron chi connectivity index (χ0n) is 17.7. The van der Waals surface area contributed by atoms with Crippen LogP contribution >= 0.6 is 23.4 Å². The fraction of sp³-hybridized carbons (Fsp3) is 0.261. The molecule has 2 aromatic carbocycles. The first-order chi connectivity index (χ1) is 15.4. The lowest BCUT2D eigenvalue weighted by atomic mass is 10.1. The highest BCUT2D eigenvalue weighted by atomic mass is 35.5. The summed E-state index contributed by atoms with van der Waals surface area (Å²) in [7, 11) is 3.14. The normalized spacial score (nSPS) is 14.7. The summed E-state index contributed by atoms with van der Waals surface area (Å²) in [4.78, 5) is 38.5. The van der Waals surface area contributed by atoms with Crippen LogP contribution in [0.15, 0.2) is 47.4 Å². The lowest BCUT2D eigenvalue weighted by molar-refractivity contribution is -0.124. The molecule has 0 atom stereocenters. The number of carbonyl (C=O) groups is 3. The van der Waals surface area contributed by atoms with Crippen LogP contribution in [0, 0.1) is 0 Å². The standard InChI is InChI=1S/C23H23ClN2O5S/c1-30-18-11-16(12-19(14-18)31-2)5-8-21(27)25-9-10-26-22(28)20(32-23(26)29)13-15-3-6-17(24)7-4-15/h3-4,6-7,11-14H,5,8-10H2,1-2H3,(H,25,27)/b20-13-. The van der Waals surface area contributed by atoms with Crippen LogP contribution in [-0.2, 0) is 16.0 Å². The molecule has 3 rings (SSSR count). The number of imide groups is 1. The molecule has 1 N–H and O–H groups in total. The van der Waals surface area contributed by atoms with Gasteiger partial charge in [0.25, 0.3) is 11.1 Å². The zero-order valence-corrected chi connectivity index (χ0v) is 19.3. The molecule has 1 aliphatic heterocycles. The Kier molecular flexibility index (Phi) is 8.19. The third-order valence-electron chi connectivity index (χ3n) is 4.75. The van der Waals surface area contributed by atoms with Crippen LogP contribution in [-0.4, -0.2) is 49.3 Å². The highest BCUT2D eigenvalue weighted by Crippen LogP contribution is 2.32. The van der Waals surface area contributed by atoms with E-state index in [-0.39, 0.29) is 36.6 Å². The number of ether oxygens (including phenoxy) is 2. The molecule has 0 aliphatic carbocycles. The van der Waals surface area contributed by atoms with E-state index in [1.54, 1.807) is 50.6 Å². The van der Waals surface area contributed by atoms with Crippen molar-refractivity contribution in [1.29, 1.82) is 0 Å². The van der Waals surface area contributed by atoms with Crippen molar-refractivity contribution < 1.29 is 23.9 Å². The molecule has 0 radical (unpaired) electrons. The summed E-state index contributed by atoms with van der Waals surface area (Å²) in [5, 5.41) is 3.00. The van der Waals surface area contributed by atoms with Gasteiger partial charge in [0.15, 0.2) is 0 Å². The summed E-state index contributed by atoms with van der Waals surface area (Å²) >= 11 is 6.75. The molecular weight excluding hydrogens is 452 g/mol. The van der Waals surface area contributed by atoms with E-state index in [1.807, 2.05) is 12.1 Å². The monoisotopic (exact) mass is 474 g/mol. The SMILES string of the molecule is COc1cc(CCC(=O)NCCN2C(=O)S/C(=C\c3ccc(Cl)cc3)C2=O)cc(OC)c1. The number of aryl methyl sites for hydroxylation is 1. The fourth-order valence-electron chi connectivity index (χ4n) is 3.07. The zero-order chi connectivity index (χ0) is 23.1. The summed E-state index contributed by atoms with van der Waals surface area (Å²) in [6.45, 7) is 0.299. The predicted octanol–water partition coefficient (Wildman–Crippen LogP) is 4.14. The van der Waals surface area contributed by atoms with Gasteiger partial charge in [0, 0.05) is 30.6 Å². The number of carbonyl (C=O) groups excluding carboxylic acids is 3. The average molecular weight is 475 g/mol. The van der Waals surface area contributed by atoms with Gasteiger partial charge in [-0.05, 0) is 59.7 Å². The Morgan fingerprint density at radius 3 is 2.38 bits per heavy atom. The molecule has 1 fully saturated rings. The van der Waals surface area contributed by atoms with E-state index >= 15 is 0 Å². The smallest absolute Gasteiger partial charge is 0.293 e. The molecular formula is C23H23ClN2O5S. The van der Waals surface area contributed by atoms with Gasteiger partial charge in [-0.3, -0.25) is 19.3 Å². The Morgan fingerprint density at radius 1 is 1.09 bits per heavy atom. The average Bonchev–Trinajstić information content (AvgIpc) is 3.06. The highest BCUT2D eigenvalue weighted by molar-refractivity contribution is 8.18. The van der Waals surface area contributed by atoms with Crippen molar-refractivity contribution in [3.05, 3.63) is 63.5 Å². The lowest BCUT2D eigenvalue weighted by Gasteiger charge is -2.13. The van der Waals surface area contributed by atoms with Gasteiger partial charge in [0.1, 0.15) is 11.5 Å². The molecule has 1 heterocycles. The number of hydrogen-bond donors (Lipinski definition) is 1. The van der Waals surface area contributed by atoms with Gasteiger partial charge in [-0.2, -0.15) is 0 Å². The third kappa shape index (κ3) is 6.27. The van der Waals surface area contributed by atoms with Gasteiger partial charge < -0.3 is 14.8 Å². The molecule has 1 saturated heterocycles. The quantitative estimate of drug-likeness (QED) is 0.550. The Balaban J connectivity index is 1.48. The molecule has 2 aromatic rings. The lowest BCUT2D eigenvalue weighted by Crippen LogP contribution is -2.37. The van der Waals surface area contributed by atoms with E-state index < -0.39 is 0 Å². The number of methoxy groups -OCH3 is 2. The Labute approximate surface area is 195 Å². The Hall–Kier alpha value is -2.97. The van der Waals surface area contributed by atoms with E-state index in [0.717, 1.165) is 27.8 Å². The first kappa shape index (κ1) is 23.7. The number of amides is 3. The number of nitrogens with zero attached hydrogens (tertiary/aromatic N) is 1. The molecule has 0 spiro atoms. The van der Waals surface area contributed by atoms with E-state index in [2.05, 4.69) is 5.32 Å². The summed E-state index contributed by atoms with van der Waals surface area (Å²) < 4.78 is 10.5. The van der Waals surface area contributed by atoms with Gasteiger partial charge in [-0.1, -0.05) is 23.7 Å². The predicted molar refractivity (Wildman–Crippen MR) is 125 cm³/mol. The first-order valence-corrected chi connectivity index (χ1v) is 11.1. The second kappa shape index (κ2) is 11.1. The second-order valence-corrected chi connectivity index (χ2v) is 8.39. The second-order valence-electron chi connectivity index (χ2n) is 6.96. The van der Waals surface area contributed by atoms with Crippen LogP contribution in [0.2, 0.25) is 5.02 Å². The highest BCUT2D eigenvalue weighted by Gasteiger charge is 2.34. The first-order valence-electron chi connectivity index (χ1n) is 9.89. The molecule has 32 heavy (non-hydrogen) atoms. The number of thioether (sulfide) groups is 1. The molecule has 7 nitrogen and oxygen atoms in total. The van der Waals surface area contributed by atoms with Crippen LogP contribution in [0.4, 0.5) is 4.79 Å². The largest absolute Gasteiger partial charge is 0.497 e. The number of benzene rings is 2. The molecule has 0 aromatic heterocycles. The van der Waals surface area contributed by atoms with Crippen molar-refractivity contribution >= 4 is 46.5 Å². The van der Waals surface area contributed by atoms with Crippen LogP contribution in [0.3, 0.4) is 0 Å². The summed E-state index contributed by atoms with van der Waals surface area (Å²) in [6, 6.07) is 12.4. The van der Waals surface area contributed by atoms with Crippen molar-refractivity contribution in [1.82, 2.24) is 10.2 Å². The van der Waals surface area contributed by atoms with Crippen molar-refractivity contribution in [2.75, 3.05) is 27.3 Å². The van der Waals surface area contributed by atoms with Crippen LogP contribution in [0.25, 0.3) is 6.08 Å². The minimum atomic E-state index is -0.368. The number of rotatable bonds is 9.